The summed E-state index contributed by atoms with van der Waals surface area (Å²) in [6.07, 6.45) is 1.75. The maximum atomic E-state index is 13.6. The average Bonchev–Trinajstić information content (AvgIpc) is 3.64. The molecular weight excluding hydrogens is 526 g/mol. The number of nitro benzene ring substituents is 1. The lowest BCUT2D eigenvalue weighted by molar-refractivity contribution is -0.385. The Bertz CT molecular complexity index is 1590. The van der Waals surface area contributed by atoms with Gasteiger partial charge in [-0.25, -0.2) is 4.79 Å². The van der Waals surface area contributed by atoms with Crippen molar-refractivity contribution < 1.29 is 28.8 Å². The second-order valence-electron chi connectivity index (χ2n) is 10.9. The van der Waals surface area contributed by atoms with Crippen molar-refractivity contribution in [1.82, 2.24) is 0 Å². The first-order valence-electron chi connectivity index (χ1n) is 13.5. The number of benzene rings is 3. The van der Waals surface area contributed by atoms with Crippen molar-refractivity contribution in [2.24, 2.45) is 23.7 Å². The fourth-order valence-corrected chi connectivity index (χ4v) is 6.86. The molecule has 3 aromatic rings. The van der Waals surface area contributed by atoms with Gasteiger partial charge in [-0.15, -0.1) is 0 Å². The molecule has 208 valence electrons. The van der Waals surface area contributed by atoms with Gasteiger partial charge in [-0.05, 0) is 67.3 Å². The molecule has 1 heterocycles. The molecule has 3 aromatic carbocycles. The SMILES string of the molecule is Cc1ccc(NC(=O)COC(=O)c2cccc(N3C(=O)[C@@H]4[C@@H]5C[C@@H]([C@H]4C3=O)[C@@H](c3ccccc3)C5)c2)cc1[N+](=O)[O-]. The molecule has 2 bridgehead atoms. The largest absolute Gasteiger partial charge is 0.452 e. The minimum atomic E-state index is -0.805. The number of carbonyl (C=O) groups is 4. The van der Waals surface area contributed by atoms with Crippen LogP contribution in [0.2, 0.25) is 0 Å². The lowest BCUT2D eigenvalue weighted by Crippen LogP contribution is -2.33. The van der Waals surface area contributed by atoms with Crippen LogP contribution in [0.5, 0.6) is 0 Å². The first kappa shape index (κ1) is 26.4. The monoisotopic (exact) mass is 553 g/mol. The topological polar surface area (TPSA) is 136 Å². The Morgan fingerprint density at radius 3 is 2.49 bits per heavy atom. The van der Waals surface area contributed by atoms with Crippen molar-refractivity contribution >= 4 is 40.8 Å². The van der Waals surface area contributed by atoms with Crippen LogP contribution in [0.3, 0.4) is 0 Å². The highest BCUT2D eigenvalue weighted by Gasteiger charge is 2.64. The summed E-state index contributed by atoms with van der Waals surface area (Å²) in [5, 5.41) is 13.6. The predicted molar refractivity (Wildman–Crippen MR) is 148 cm³/mol. The molecule has 3 fully saturated rings. The van der Waals surface area contributed by atoms with Gasteiger partial charge in [0.1, 0.15) is 0 Å². The van der Waals surface area contributed by atoms with Gasteiger partial charge in [0.05, 0.1) is 28.0 Å². The van der Waals surface area contributed by atoms with Crippen LogP contribution in [-0.4, -0.2) is 35.2 Å². The molecule has 6 rings (SSSR count). The zero-order chi connectivity index (χ0) is 28.8. The number of nitrogens with zero attached hydrogens (tertiary/aromatic N) is 2. The Balaban J connectivity index is 1.12. The molecular formula is C31H27N3O7. The minimum absolute atomic E-state index is 0.0871. The summed E-state index contributed by atoms with van der Waals surface area (Å²) in [6, 6.07) is 20.5. The summed E-state index contributed by atoms with van der Waals surface area (Å²) in [6.45, 7) is 0.960. The first-order valence-corrected chi connectivity index (χ1v) is 13.5. The van der Waals surface area contributed by atoms with E-state index < -0.39 is 23.4 Å². The molecule has 10 nitrogen and oxygen atoms in total. The number of nitro groups is 1. The van der Waals surface area contributed by atoms with Crippen LogP contribution in [-0.2, 0) is 19.1 Å². The molecule has 3 aliphatic rings. The van der Waals surface area contributed by atoms with E-state index in [9.17, 15) is 29.3 Å². The van der Waals surface area contributed by atoms with Gasteiger partial charge in [0, 0.05) is 17.3 Å². The molecule has 41 heavy (non-hydrogen) atoms. The molecule has 2 aliphatic carbocycles. The van der Waals surface area contributed by atoms with E-state index in [-0.39, 0.29) is 58.3 Å². The van der Waals surface area contributed by atoms with E-state index in [1.54, 1.807) is 19.1 Å². The smallest absolute Gasteiger partial charge is 0.338 e. The van der Waals surface area contributed by atoms with Crippen molar-refractivity contribution in [2.45, 2.75) is 25.7 Å². The van der Waals surface area contributed by atoms with Gasteiger partial charge in [-0.2, -0.15) is 0 Å². The van der Waals surface area contributed by atoms with Crippen LogP contribution < -0.4 is 10.2 Å². The third kappa shape index (κ3) is 4.65. The second-order valence-corrected chi connectivity index (χ2v) is 10.9. The van der Waals surface area contributed by atoms with Crippen LogP contribution in [0.25, 0.3) is 0 Å². The van der Waals surface area contributed by atoms with Gasteiger partial charge in [-0.3, -0.25) is 29.4 Å². The van der Waals surface area contributed by atoms with Gasteiger partial charge in [-0.1, -0.05) is 42.5 Å². The van der Waals surface area contributed by atoms with Crippen LogP contribution >= 0.6 is 0 Å². The highest BCUT2D eigenvalue weighted by Crippen LogP contribution is 2.61. The summed E-state index contributed by atoms with van der Waals surface area (Å²) in [7, 11) is 0. The van der Waals surface area contributed by atoms with Gasteiger partial charge in [0.2, 0.25) is 11.8 Å². The van der Waals surface area contributed by atoms with E-state index >= 15 is 0 Å². The molecule has 0 spiro atoms. The van der Waals surface area contributed by atoms with Crippen molar-refractivity contribution in [2.75, 3.05) is 16.8 Å². The predicted octanol–water partition coefficient (Wildman–Crippen LogP) is 4.63. The van der Waals surface area contributed by atoms with E-state index in [1.165, 1.54) is 40.8 Å². The molecule has 0 aromatic heterocycles. The number of amides is 3. The number of hydrogen-bond acceptors (Lipinski definition) is 7. The summed E-state index contributed by atoms with van der Waals surface area (Å²) in [4.78, 5) is 64.0. The fourth-order valence-electron chi connectivity index (χ4n) is 6.86. The minimum Gasteiger partial charge on any atom is -0.452 e. The van der Waals surface area contributed by atoms with Crippen molar-refractivity contribution in [1.29, 1.82) is 0 Å². The maximum absolute atomic E-state index is 13.6. The third-order valence-electron chi connectivity index (χ3n) is 8.61. The number of anilines is 2. The van der Waals surface area contributed by atoms with Gasteiger partial charge in [0.15, 0.2) is 6.61 Å². The van der Waals surface area contributed by atoms with E-state index in [4.69, 9.17) is 4.74 Å². The zero-order valence-electron chi connectivity index (χ0n) is 22.2. The number of carbonyl (C=O) groups excluding carboxylic acids is 4. The molecule has 1 aliphatic heterocycles. The second kappa shape index (κ2) is 10.3. The Labute approximate surface area is 235 Å². The lowest BCUT2D eigenvalue weighted by atomic mass is 9.73. The van der Waals surface area contributed by atoms with E-state index in [1.807, 2.05) is 18.2 Å². The standard InChI is InChI=1S/C31H27N3O7/c1-17-10-11-21(15-25(17)34(39)40)32-26(35)16-41-31(38)19-8-5-9-22(12-19)33-29(36)27-20-13-23(18-6-3-2-4-7-18)24(14-20)28(27)30(33)37/h2-12,15,20,23-24,27-28H,13-14,16H2,1H3,(H,32,35)/t20-,23+,24+,27+,28+/m0/s1. The van der Waals surface area contributed by atoms with Crippen LogP contribution in [0.4, 0.5) is 17.1 Å². The van der Waals surface area contributed by atoms with Gasteiger partial charge in [0.25, 0.3) is 11.6 Å². The van der Waals surface area contributed by atoms with Crippen molar-refractivity contribution in [3.63, 3.8) is 0 Å². The Hall–Kier alpha value is -4.86. The highest BCUT2D eigenvalue weighted by atomic mass is 16.6. The van der Waals surface area contributed by atoms with E-state index in [0.29, 0.717) is 11.3 Å². The fraction of sp³-hybridized carbons (Fsp3) is 0.290. The third-order valence-corrected chi connectivity index (χ3v) is 8.61. The molecule has 3 amide bonds. The summed E-state index contributed by atoms with van der Waals surface area (Å²) in [5.74, 6) is -2.14. The number of rotatable bonds is 7. The van der Waals surface area contributed by atoms with Crippen LogP contribution in [0, 0.1) is 40.7 Å². The first-order chi connectivity index (χ1) is 19.7. The molecule has 0 unspecified atom stereocenters. The molecule has 0 radical (unpaired) electrons. The van der Waals surface area contributed by atoms with Crippen LogP contribution in [0.15, 0.2) is 72.8 Å². The van der Waals surface area contributed by atoms with Gasteiger partial charge < -0.3 is 10.1 Å². The highest BCUT2D eigenvalue weighted by molar-refractivity contribution is 6.23. The number of ether oxygens (including phenoxy) is 1. The summed E-state index contributed by atoms with van der Waals surface area (Å²) >= 11 is 0. The van der Waals surface area contributed by atoms with Crippen LogP contribution in [0.1, 0.15) is 40.2 Å². The maximum Gasteiger partial charge on any atom is 0.338 e. The van der Waals surface area contributed by atoms with E-state index in [2.05, 4.69) is 17.4 Å². The Morgan fingerprint density at radius 2 is 1.73 bits per heavy atom. The van der Waals surface area contributed by atoms with Crippen molar-refractivity contribution in [3.05, 3.63) is 99.6 Å². The Kier molecular flexibility index (Phi) is 6.61. The van der Waals surface area contributed by atoms with Gasteiger partial charge >= 0.3 is 5.97 Å². The quantitative estimate of drug-likeness (QED) is 0.195. The number of nitrogens with one attached hydrogen (secondary N) is 1. The Morgan fingerprint density at radius 1 is 0.976 bits per heavy atom. The average molecular weight is 554 g/mol. The lowest BCUT2D eigenvalue weighted by Gasteiger charge is -2.28. The number of fused-ring (bicyclic) bond motifs is 5. The number of esters is 1. The number of aryl methyl sites for hydroxylation is 1. The number of hydrogen-bond donors (Lipinski definition) is 1. The number of imide groups is 1. The summed E-state index contributed by atoms with van der Waals surface area (Å²) < 4.78 is 5.14. The molecule has 5 atom stereocenters. The normalized spacial score (nSPS) is 24.3. The molecule has 1 N–H and O–H groups in total. The molecule has 10 heteroatoms. The molecule has 1 saturated heterocycles. The zero-order valence-corrected chi connectivity index (χ0v) is 22.2. The van der Waals surface area contributed by atoms with E-state index in [0.717, 1.165) is 12.8 Å². The van der Waals surface area contributed by atoms with Crippen molar-refractivity contribution in [3.8, 4) is 0 Å². The summed E-state index contributed by atoms with van der Waals surface area (Å²) in [5.41, 5.74) is 2.09. The molecule has 2 saturated carbocycles.